The molecule has 4 nitrogen and oxygen atoms in total. The van der Waals surface area contributed by atoms with Gasteiger partial charge in [-0.3, -0.25) is 9.69 Å². The second kappa shape index (κ2) is 6.69. The first-order chi connectivity index (χ1) is 12.1. The smallest absolute Gasteiger partial charge is 0.226 e. The van der Waals surface area contributed by atoms with Gasteiger partial charge in [-0.2, -0.15) is 0 Å². The van der Waals surface area contributed by atoms with Crippen LogP contribution < -0.4 is 0 Å². The van der Waals surface area contributed by atoms with Crippen LogP contribution in [0.2, 0.25) is 0 Å². The summed E-state index contributed by atoms with van der Waals surface area (Å²) in [7, 11) is 0. The van der Waals surface area contributed by atoms with Gasteiger partial charge in [0.15, 0.2) is 0 Å². The molecule has 3 fully saturated rings. The molecule has 0 N–H and O–H groups in total. The first-order valence-corrected chi connectivity index (χ1v) is 9.46. The van der Waals surface area contributed by atoms with E-state index in [9.17, 15) is 9.18 Å². The zero-order chi connectivity index (χ0) is 17.4. The molecule has 2 saturated heterocycles. The third-order valence-electron chi connectivity index (χ3n) is 6.51. The summed E-state index contributed by atoms with van der Waals surface area (Å²) in [5.41, 5.74) is 0.984. The largest absolute Gasteiger partial charge is 0.381 e. The van der Waals surface area contributed by atoms with Crippen LogP contribution in [0.3, 0.4) is 0 Å². The van der Waals surface area contributed by atoms with Crippen molar-refractivity contribution in [2.45, 2.75) is 32.2 Å². The molecule has 0 aromatic heterocycles. The van der Waals surface area contributed by atoms with Crippen molar-refractivity contribution in [1.29, 1.82) is 0 Å². The maximum atomic E-state index is 14.0. The van der Waals surface area contributed by atoms with Crippen LogP contribution >= 0.6 is 0 Å². The summed E-state index contributed by atoms with van der Waals surface area (Å²) in [6, 6.07) is 7.03. The summed E-state index contributed by atoms with van der Waals surface area (Å²) in [6.07, 6.45) is 3.11. The third kappa shape index (κ3) is 3.20. The Morgan fingerprint density at radius 1 is 1.20 bits per heavy atom. The molecule has 1 aliphatic carbocycles. The minimum absolute atomic E-state index is 0.0428. The van der Waals surface area contributed by atoms with Gasteiger partial charge >= 0.3 is 0 Å². The Morgan fingerprint density at radius 2 is 1.88 bits per heavy atom. The molecule has 5 heteroatoms. The number of benzene rings is 1. The van der Waals surface area contributed by atoms with Crippen molar-refractivity contribution in [1.82, 2.24) is 9.80 Å². The van der Waals surface area contributed by atoms with E-state index >= 15 is 0 Å². The second-order valence-electron chi connectivity index (χ2n) is 7.79. The highest BCUT2D eigenvalue weighted by atomic mass is 19.1. The Bertz CT molecular complexity index is 636. The number of piperazine rings is 1. The summed E-state index contributed by atoms with van der Waals surface area (Å²) >= 11 is 0. The van der Waals surface area contributed by atoms with Crippen molar-refractivity contribution >= 4 is 5.91 Å². The summed E-state index contributed by atoms with van der Waals surface area (Å²) in [5, 5.41) is 0. The number of hydrogen-bond donors (Lipinski definition) is 0. The van der Waals surface area contributed by atoms with Crippen molar-refractivity contribution in [2.24, 2.45) is 11.3 Å². The normalized spacial score (nSPS) is 27.3. The van der Waals surface area contributed by atoms with Crippen LogP contribution in [0, 0.1) is 17.2 Å². The lowest BCUT2D eigenvalue weighted by molar-refractivity contribution is -0.136. The molecule has 1 spiro atoms. The number of rotatable bonds is 3. The number of nitrogens with zero attached hydrogens (tertiary/aromatic N) is 2. The Kier molecular flexibility index (Phi) is 4.54. The average Bonchev–Trinajstić information content (AvgIpc) is 3.34. The predicted octanol–water partition coefficient (Wildman–Crippen LogP) is 2.85. The number of halogens is 1. The van der Waals surface area contributed by atoms with Gasteiger partial charge in [-0.15, -0.1) is 0 Å². The van der Waals surface area contributed by atoms with Gasteiger partial charge in [0.1, 0.15) is 5.82 Å². The molecule has 0 radical (unpaired) electrons. The molecule has 136 valence electrons. The molecule has 2 aliphatic heterocycles. The maximum Gasteiger partial charge on any atom is 0.226 e. The quantitative estimate of drug-likeness (QED) is 0.844. The molecule has 25 heavy (non-hydrogen) atoms. The van der Waals surface area contributed by atoms with Gasteiger partial charge in [-0.05, 0) is 37.7 Å². The summed E-state index contributed by atoms with van der Waals surface area (Å²) in [6.45, 7) is 6.78. The van der Waals surface area contributed by atoms with Crippen LogP contribution in [0.5, 0.6) is 0 Å². The van der Waals surface area contributed by atoms with Crippen LogP contribution in [-0.4, -0.2) is 55.1 Å². The first-order valence-electron chi connectivity index (χ1n) is 9.46. The fraction of sp³-hybridized carbons (Fsp3) is 0.650. The topological polar surface area (TPSA) is 32.8 Å². The Labute approximate surface area is 148 Å². The fourth-order valence-electron chi connectivity index (χ4n) is 4.59. The molecule has 1 aromatic rings. The van der Waals surface area contributed by atoms with Gasteiger partial charge in [0.25, 0.3) is 0 Å². The lowest BCUT2D eigenvalue weighted by atomic mass is 9.93. The highest BCUT2D eigenvalue weighted by molar-refractivity contribution is 5.82. The van der Waals surface area contributed by atoms with Crippen molar-refractivity contribution in [3.8, 4) is 0 Å². The van der Waals surface area contributed by atoms with E-state index in [2.05, 4.69) is 4.90 Å². The van der Waals surface area contributed by atoms with E-state index in [1.165, 1.54) is 6.07 Å². The maximum absolute atomic E-state index is 14.0. The third-order valence-corrected chi connectivity index (χ3v) is 6.51. The molecule has 2 atom stereocenters. The first kappa shape index (κ1) is 17.0. The lowest BCUT2D eigenvalue weighted by Crippen LogP contribution is -2.50. The van der Waals surface area contributed by atoms with E-state index in [1.54, 1.807) is 6.07 Å². The van der Waals surface area contributed by atoms with Gasteiger partial charge < -0.3 is 9.64 Å². The Morgan fingerprint density at radius 3 is 2.56 bits per heavy atom. The minimum Gasteiger partial charge on any atom is -0.381 e. The molecule has 4 rings (SSSR count). The van der Waals surface area contributed by atoms with Gasteiger partial charge in [-0.25, -0.2) is 4.39 Å². The second-order valence-corrected chi connectivity index (χ2v) is 7.79. The SMILES string of the molecule is C[C@H](c1ccccc1F)N1CCN(C(=O)[C@@H]2CC23CCOCC3)CC1. The Balaban J connectivity index is 1.33. The van der Waals surface area contributed by atoms with Crippen LogP contribution in [0.4, 0.5) is 4.39 Å². The highest BCUT2D eigenvalue weighted by Crippen LogP contribution is 2.59. The van der Waals surface area contributed by atoms with Crippen LogP contribution in [0.15, 0.2) is 24.3 Å². The van der Waals surface area contributed by atoms with E-state index in [1.807, 2.05) is 24.0 Å². The summed E-state index contributed by atoms with van der Waals surface area (Å²) in [5.74, 6) is 0.403. The monoisotopic (exact) mass is 346 g/mol. The molecule has 3 aliphatic rings. The van der Waals surface area contributed by atoms with E-state index in [0.717, 1.165) is 64.2 Å². The van der Waals surface area contributed by atoms with Gasteiger partial charge in [0.2, 0.25) is 5.91 Å². The molecule has 2 heterocycles. The molecule has 1 saturated carbocycles. The van der Waals surface area contributed by atoms with Crippen molar-refractivity contribution in [2.75, 3.05) is 39.4 Å². The van der Waals surface area contributed by atoms with Crippen LogP contribution in [0.25, 0.3) is 0 Å². The number of carbonyl (C=O) groups excluding carboxylic acids is 1. The average molecular weight is 346 g/mol. The van der Waals surface area contributed by atoms with Gasteiger partial charge in [0.05, 0.1) is 0 Å². The zero-order valence-corrected chi connectivity index (χ0v) is 14.9. The van der Waals surface area contributed by atoms with E-state index in [4.69, 9.17) is 4.74 Å². The summed E-state index contributed by atoms with van der Waals surface area (Å²) in [4.78, 5) is 17.1. The van der Waals surface area contributed by atoms with Crippen molar-refractivity contribution in [3.05, 3.63) is 35.6 Å². The molecule has 0 bridgehead atoms. The van der Waals surface area contributed by atoms with Gasteiger partial charge in [0, 0.05) is 56.9 Å². The van der Waals surface area contributed by atoms with E-state index in [0.29, 0.717) is 5.91 Å². The fourth-order valence-corrected chi connectivity index (χ4v) is 4.59. The minimum atomic E-state index is -0.145. The Hall–Kier alpha value is -1.46. The predicted molar refractivity (Wildman–Crippen MR) is 93.6 cm³/mol. The number of ether oxygens (including phenoxy) is 1. The number of amides is 1. The highest BCUT2D eigenvalue weighted by Gasteiger charge is 2.59. The van der Waals surface area contributed by atoms with E-state index < -0.39 is 0 Å². The molecule has 1 amide bonds. The summed E-state index contributed by atoms with van der Waals surface area (Å²) < 4.78 is 19.5. The number of carbonyl (C=O) groups is 1. The van der Waals surface area contributed by atoms with Crippen LogP contribution in [0.1, 0.15) is 37.8 Å². The van der Waals surface area contributed by atoms with Crippen LogP contribution in [-0.2, 0) is 9.53 Å². The van der Waals surface area contributed by atoms with Crippen molar-refractivity contribution in [3.63, 3.8) is 0 Å². The standard InChI is InChI=1S/C20H27FN2O2/c1-15(16-4-2-3-5-18(16)21)22-8-10-23(11-9-22)19(24)17-14-20(17)6-12-25-13-7-20/h2-5,15,17H,6-14H2,1H3/t15-,17+/m1/s1. The molecular formula is C20H27FN2O2. The zero-order valence-electron chi connectivity index (χ0n) is 14.9. The van der Waals surface area contributed by atoms with E-state index in [-0.39, 0.29) is 23.2 Å². The van der Waals surface area contributed by atoms with Crippen molar-refractivity contribution < 1.29 is 13.9 Å². The molecule has 0 unspecified atom stereocenters. The molecule has 1 aromatic carbocycles. The lowest BCUT2D eigenvalue weighted by Gasteiger charge is -2.38. The number of hydrogen-bond acceptors (Lipinski definition) is 3. The van der Waals surface area contributed by atoms with Gasteiger partial charge in [-0.1, -0.05) is 18.2 Å². The molecular weight excluding hydrogens is 319 g/mol.